The van der Waals surface area contributed by atoms with Crippen molar-refractivity contribution < 1.29 is 19.4 Å². The zero-order valence-corrected chi connectivity index (χ0v) is 13.3. The monoisotopic (exact) mass is 332 g/mol. The molecule has 2 aromatic carbocycles. The zero-order chi connectivity index (χ0) is 16.5. The molecule has 0 saturated carbocycles. The fourth-order valence-corrected chi connectivity index (χ4v) is 1.80. The molecule has 0 saturated heterocycles. The lowest BCUT2D eigenvalue weighted by molar-refractivity contribution is -0.304. The van der Waals surface area contributed by atoms with E-state index >= 15 is 0 Å². The van der Waals surface area contributed by atoms with E-state index in [4.69, 9.17) is 17.0 Å². The van der Waals surface area contributed by atoms with E-state index in [1.807, 2.05) is 54.6 Å². The molecule has 0 radical (unpaired) electrons. The maximum atomic E-state index is 10.5. The van der Waals surface area contributed by atoms with Crippen LogP contribution < -0.4 is 15.5 Å². The van der Waals surface area contributed by atoms with Gasteiger partial charge in [-0.3, -0.25) is 4.89 Å². The summed E-state index contributed by atoms with van der Waals surface area (Å²) in [6.45, 7) is 1.43. The Morgan fingerprint density at radius 3 is 2.35 bits per heavy atom. The number of ether oxygens (including phenoxy) is 1. The first-order valence-electron chi connectivity index (χ1n) is 6.83. The lowest BCUT2D eigenvalue weighted by atomic mass is 10.3. The van der Waals surface area contributed by atoms with Crippen molar-refractivity contribution in [1.82, 2.24) is 5.48 Å². The molecule has 2 N–H and O–H groups in total. The van der Waals surface area contributed by atoms with Crippen LogP contribution in [0.3, 0.4) is 0 Å². The second-order valence-electron chi connectivity index (χ2n) is 4.47. The highest BCUT2D eigenvalue weighted by Crippen LogP contribution is 2.22. The van der Waals surface area contributed by atoms with E-state index in [0.29, 0.717) is 4.99 Å². The number of carbonyl (C=O) groups excluding carboxylic acids is 1. The molecule has 0 amide bonds. The van der Waals surface area contributed by atoms with Gasteiger partial charge in [-0.1, -0.05) is 35.4 Å². The van der Waals surface area contributed by atoms with Crippen LogP contribution in [0.1, 0.15) is 6.92 Å². The largest absolute Gasteiger partial charge is 0.457 e. The summed E-state index contributed by atoms with van der Waals surface area (Å²) in [5.74, 6) is 0.949. The summed E-state index contributed by atoms with van der Waals surface area (Å²) in [4.78, 5) is 19.7. The summed E-state index contributed by atoms with van der Waals surface area (Å²) < 4.78 is 5.70. The van der Waals surface area contributed by atoms with Crippen LogP contribution in [0.5, 0.6) is 11.5 Å². The van der Waals surface area contributed by atoms with E-state index in [1.165, 1.54) is 6.92 Å². The average molecular weight is 332 g/mol. The van der Waals surface area contributed by atoms with Gasteiger partial charge in [0.05, 0.1) is 11.5 Å². The average Bonchev–Trinajstić information content (AvgIpc) is 2.54. The summed E-state index contributed by atoms with van der Waals surface area (Å²) in [5, 5.41) is 3.01. The minimum atomic E-state index is -0.551. The second kappa shape index (κ2) is 8.84. The summed E-state index contributed by atoms with van der Waals surface area (Å²) >= 11 is 5.13. The van der Waals surface area contributed by atoms with Crippen molar-refractivity contribution in [1.29, 1.82) is 0 Å². The Hall–Kier alpha value is -2.48. The number of rotatable bonds is 7. The molecule has 0 spiro atoms. The van der Waals surface area contributed by atoms with Gasteiger partial charge < -0.3 is 10.1 Å². The molecule has 0 atom stereocenters. The van der Waals surface area contributed by atoms with Crippen molar-refractivity contribution in [3.63, 3.8) is 0 Å². The first kappa shape index (κ1) is 16.9. The molecule has 2 rings (SSSR count). The van der Waals surface area contributed by atoms with E-state index in [-0.39, 0.29) is 6.54 Å². The van der Waals surface area contributed by atoms with Gasteiger partial charge in [0.25, 0.3) is 0 Å². The fourth-order valence-electron chi connectivity index (χ4n) is 1.62. The standard InChI is InChI=1S/C16H16N2O4S/c1-12(19)21-22-17-11-16(23)18-13-7-9-15(10-8-13)20-14-5-3-2-4-6-14/h2-10,17H,11H2,1H3,(H,18,23). The van der Waals surface area contributed by atoms with Gasteiger partial charge in [-0.2, -0.15) is 5.48 Å². The van der Waals surface area contributed by atoms with Crippen LogP contribution in [0.15, 0.2) is 54.6 Å². The van der Waals surface area contributed by atoms with Gasteiger partial charge in [-0.05, 0) is 36.4 Å². The quantitative estimate of drug-likeness (QED) is 0.349. The summed E-state index contributed by atoms with van der Waals surface area (Å²) in [5.41, 5.74) is 3.22. The number of anilines is 1. The summed E-state index contributed by atoms with van der Waals surface area (Å²) in [6.07, 6.45) is 0. The molecule has 23 heavy (non-hydrogen) atoms. The third-order valence-corrected chi connectivity index (χ3v) is 2.81. The van der Waals surface area contributed by atoms with Crippen molar-refractivity contribution in [3.8, 4) is 11.5 Å². The predicted molar refractivity (Wildman–Crippen MR) is 90.0 cm³/mol. The fraction of sp³-hybridized carbons (Fsp3) is 0.125. The molecule has 7 heteroatoms. The highest BCUT2D eigenvalue weighted by atomic mass is 32.1. The molecule has 0 aromatic heterocycles. The SMILES string of the molecule is CC(=O)OONCC(=S)Nc1ccc(Oc2ccccc2)cc1. The molecule has 0 fully saturated rings. The van der Waals surface area contributed by atoms with Crippen molar-refractivity contribution in [2.75, 3.05) is 11.9 Å². The molecule has 0 aliphatic rings. The molecule has 2 aromatic rings. The number of hydrogen-bond donors (Lipinski definition) is 2. The predicted octanol–water partition coefficient (Wildman–Crippen LogP) is 3.22. The van der Waals surface area contributed by atoms with Crippen LogP contribution in [0.4, 0.5) is 5.69 Å². The Bertz CT molecular complexity index is 647. The smallest absolute Gasteiger partial charge is 0.341 e. The number of nitrogens with one attached hydrogen (secondary N) is 2. The van der Waals surface area contributed by atoms with E-state index in [1.54, 1.807) is 0 Å². The molecule has 0 unspecified atom stereocenters. The minimum Gasteiger partial charge on any atom is -0.457 e. The van der Waals surface area contributed by atoms with Crippen LogP contribution in [0.2, 0.25) is 0 Å². The highest BCUT2D eigenvalue weighted by Gasteiger charge is 2.01. The second-order valence-corrected chi connectivity index (χ2v) is 4.96. The third-order valence-electron chi connectivity index (χ3n) is 2.57. The number of para-hydroxylation sites is 1. The first-order valence-corrected chi connectivity index (χ1v) is 7.24. The van der Waals surface area contributed by atoms with Gasteiger partial charge in [-0.25, -0.2) is 4.79 Å². The van der Waals surface area contributed by atoms with Crippen molar-refractivity contribution >= 4 is 28.9 Å². The Balaban J connectivity index is 1.78. The Morgan fingerprint density at radius 1 is 1.04 bits per heavy atom. The maximum absolute atomic E-state index is 10.5. The minimum absolute atomic E-state index is 0.199. The van der Waals surface area contributed by atoms with Crippen LogP contribution in [-0.4, -0.2) is 17.5 Å². The van der Waals surface area contributed by atoms with E-state index < -0.39 is 5.97 Å². The third kappa shape index (κ3) is 6.43. The summed E-state index contributed by atoms with van der Waals surface area (Å²) in [6, 6.07) is 16.9. The highest BCUT2D eigenvalue weighted by molar-refractivity contribution is 7.80. The zero-order valence-electron chi connectivity index (χ0n) is 12.4. The van der Waals surface area contributed by atoms with Gasteiger partial charge in [-0.15, -0.1) is 0 Å². The van der Waals surface area contributed by atoms with Gasteiger partial charge >= 0.3 is 5.97 Å². The van der Waals surface area contributed by atoms with Gasteiger partial charge in [0.2, 0.25) is 0 Å². The van der Waals surface area contributed by atoms with Crippen LogP contribution in [0, 0.1) is 0 Å². The number of benzene rings is 2. The van der Waals surface area contributed by atoms with Gasteiger partial charge in [0.1, 0.15) is 11.5 Å². The maximum Gasteiger partial charge on any atom is 0.341 e. The lowest BCUT2D eigenvalue weighted by Crippen LogP contribution is -2.27. The molecular formula is C16H16N2O4S. The van der Waals surface area contributed by atoms with Crippen molar-refractivity contribution in [2.24, 2.45) is 0 Å². The molecular weight excluding hydrogens is 316 g/mol. The van der Waals surface area contributed by atoms with Crippen LogP contribution in [-0.2, 0) is 14.7 Å². The molecule has 0 bridgehead atoms. The Kier molecular flexibility index (Phi) is 6.49. The van der Waals surface area contributed by atoms with Crippen molar-refractivity contribution in [3.05, 3.63) is 54.6 Å². The van der Waals surface area contributed by atoms with Crippen LogP contribution >= 0.6 is 12.2 Å². The number of hydroxylamine groups is 1. The Labute approximate surface area is 139 Å². The molecule has 0 aliphatic heterocycles. The van der Waals surface area contributed by atoms with Crippen molar-refractivity contribution in [2.45, 2.75) is 6.92 Å². The first-order chi connectivity index (χ1) is 11.1. The molecule has 0 heterocycles. The van der Waals surface area contributed by atoms with Gasteiger partial charge in [0, 0.05) is 12.6 Å². The Morgan fingerprint density at radius 2 is 1.70 bits per heavy atom. The summed E-state index contributed by atoms with van der Waals surface area (Å²) in [7, 11) is 0. The van der Waals surface area contributed by atoms with E-state index in [9.17, 15) is 4.79 Å². The normalized spacial score (nSPS) is 9.96. The molecule has 0 aliphatic carbocycles. The number of carbonyl (C=O) groups is 1. The lowest BCUT2D eigenvalue weighted by Gasteiger charge is -2.10. The topological polar surface area (TPSA) is 68.8 Å². The van der Waals surface area contributed by atoms with Crippen LogP contribution in [0.25, 0.3) is 0 Å². The van der Waals surface area contributed by atoms with E-state index in [0.717, 1.165) is 17.2 Å². The molecule has 6 nitrogen and oxygen atoms in total. The number of thiocarbonyl (C=S) groups is 1. The number of hydrogen-bond acceptors (Lipinski definition) is 6. The molecule has 120 valence electrons. The van der Waals surface area contributed by atoms with E-state index in [2.05, 4.69) is 20.7 Å². The van der Waals surface area contributed by atoms with Gasteiger partial charge in [0.15, 0.2) is 0 Å².